The van der Waals surface area contributed by atoms with Crippen LogP contribution in [0.5, 0.6) is 0 Å². The van der Waals surface area contributed by atoms with Crippen molar-refractivity contribution in [1.82, 2.24) is 9.97 Å². The number of hydrogen-bond acceptors (Lipinski definition) is 8. The highest BCUT2D eigenvalue weighted by molar-refractivity contribution is 7.91. The molecule has 1 aliphatic heterocycles. The highest BCUT2D eigenvalue weighted by Crippen LogP contribution is 2.26. The third-order valence-corrected chi connectivity index (χ3v) is 6.65. The number of benzene rings is 1. The number of anilines is 4. The van der Waals surface area contributed by atoms with Crippen LogP contribution in [0.2, 0.25) is 0 Å². The molecule has 1 aliphatic rings. The number of hydrogen-bond donors (Lipinski definition) is 4. The average molecular weight is 429 g/mol. The first-order valence-electron chi connectivity index (χ1n) is 9.74. The van der Waals surface area contributed by atoms with Gasteiger partial charge in [-0.2, -0.15) is 0 Å². The summed E-state index contributed by atoms with van der Waals surface area (Å²) in [6.07, 6.45) is 1.61. The third-order valence-electron chi connectivity index (χ3n) is 5.04. The molecule has 3 aromatic rings. The van der Waals surface area contributed by atoms with Crippen LogP contribution in [0.4, 0.5) is 23.0 Å². The fraction of sp³-hybridized carbons (Fsp3) is 0.300. The monoisotopic (exact) mass is 428 g/mol. The average Bonchev–Trinajstić information content (AvgIpc) is 2.73. The minimum Gasteiger partial charge on any atom is -0.369 e. The molecule has 5 N–H and O–H groups in total. The van der Waals surface area contributed by atoms with E-state index in [1.54, 1.807) is 6.20 Å². The van der Waals surface area contributed by atoms with Crippen LogP contribution in [0.15, 0.2) is 47.4 Å². The number of aromatic amines is 1. The van der Waals surface area contributed by atoms with Gasteiger partial charge in [-0.25, -0.2) is 13.4 Å². The van der Waals surface area contributed by atoms with E-state index in [4.69, 9.17) is 5.73 Å². The highest BCUT2D eigenvalue weighted by Gasteiger charge is 2.21. The molecule has 4 rings (SSSR count). The lowest BCUT2D eigenvalue weighted by atomic mass is 10.2. The number of fused-ring (bicyclic) bond motifs is 1. The van der Waals surface area contributed by atoms with E-state index < -0.39 is 9.84 Å². The number of nitrogens with two attached hydrogens (primary N) is 1. The van der Waals surface area contributed by atoms with Gasteiger partial charge in [-0.3, -0.25) is 4.79 Å². The number of sulfone groups is 1. The number of aromatic nitrogens is 2. The number of nitrogens with one attached hydrogen (secondary N) is 3. The molecule has 0 aliphatic carbocycles. The van der Waals surface area contributed by atoms with E-state index in [0.29, 0.717) is 43.2 Å². The molecule has 0 unspecified atom stereocenters. The summed E-state index contributed by atoms with van der Waals surface area (Å²) >= 11 is 0. The fourth-order valence-corrected chi connectivity index (χ4v) is 4.66. The molecular formula is C20H24N6O3S. The Bertz CT molecular complexity index is 1190. The topological polar surface area (TPSA) is 133 Å². The molecule has 0 radical (unpaired) electrons. The molecule has 9 nitrogen and oxygen atoms in total. The van der Waals surface area contributed by atoms with E-state index in [1.165, 1.54) is 0 Å². The molecule has 1 saturated heterocycles. The Morgan fingerprint density at radius 2 is 1.87 bits per heavy atom. The number of nitrogens with zero attached hydrogens (tertiary/aromatic N) is 2. The van der Waals surface area contributed by atoms with Crippen LogP contribution in [-0.2, 0) is 9.84 Å². The summed E-state index contributed by atoms with van der Waals surface area (Å²) in [4.78, 5) is 21.7. The zero-order chi connectivity index (χ0) is 21.1. The van der Waals surface area contributed by atoms with Crippen molar-refractivity contribution in [3.63, 3.8) is 0 Å². The van der Waals surface area contributed by atoms with Crippen molar-refractivity contribution in [2.24, 2.45) is 5.73 Å². The molecule has 10 heteroatoms. The van der Waals surface area contributed by atoms with E-state index >= 15 is 0 Å². The van der Waals surface area contributed by atoms with Gasteiger partial charge < -0.3 is 26.3 Å². The molecule has 2 aromatic heterocycles. The van der Waals surface area contributed by atoms with Crippen molar-refractivity contribution in [2.45, 2.75) is 0 Å². The van der Waals surface area contributed by atoms with Crippen LogP contribution in [0.25, 0.3) is 10.8 Å². The second-order valence-corrected chi connectivity index (χ2v) is 9.46. The highest BCUT2D eigenvalue weighted by atomic mass is 32.2. The van der Waals surface area contributed by atoms with Gasteiger partial charge in [0.1, 0.15) is 11.6 Å². The Morgan fingerprint density at radius 1 is 1.13 bits per heavy atom. The molecule has 0 atom stereocenters. The van der Waals surface area contributed by atoms with E-state index in [0.717, 1.165) is 16.8 Å². The summed E-state index contributed by atoms with van der Waals surface area (Å²) in [5, 5.41) is 7.62. The van der Waals surface area contributed by atoms with Gasteiger partial charge in [-0.05, 0) is 41.8 Å². The van der Waals surface area contributed by atoms with Crippen molar-refractivity contribution < 1.29 is 8.42 Å². The minimum atomic E-state index is -2.92. The van der Waals surface area contributed by atoms with Crippen LogP contribution in [0.3, 0.4) is 0 Å². The van der Waals surface area contributed by atoms with Gasteiger partial charge in [0.05, 0.1) is 16.9 Å². The third kappa shape index (κ3) is 4.39. The molecule has 1 fully saturated rings. The molecule has 1 aromatic carbocycles. The number of rotatable bonds is 6. The van der Waals surface area contributed by atoms with Crippen LogP contribution >= 0.6 is 0 Å². The zero-order valence-corrected chi connectivity index (χ0v) is 17.2. The maximum absolute atomic E-state index is 12.4. The Hall–Kier alpha value is -3.11. The predicted molar refractivity (Wildman–Crippen MR) is 120 cm³/mol. The SMILES string of the molecule is NCCNc1cc2cc[nH]c(=O)c2c(Nc2ccc(N3CCS(=O)(=O)CC3)cc2)n1. The molecule has 0 bridgehead atoms. The maximum atomic E-state index is 12.4. The van der Waals surface area contributed by atoms with Crippen molar-refractivity contribution in [3.05, 3.63) is 52.9 Å². The van der Waals surface area contributed by atoms with Crippen molar-refractivity contribution >= 4 is 43.6 Å². The Labute approximate surface area is 174 Å². The van der Waals surface area contributed by atoms with Gasteiger partial charge in [0.25, 0.3) is 5.56 Å². The number of H-pyrrole nitrogens is 1. The van der Waals surface area contributed by atoms with E-state index in [9.17, 15) is 13.2 Å². The molecule has 0 amide bonds. The van der Waals surface area contributed by atoms with E-state index in [-0.39, 0.29) is 17.1 Å². The van der Waals surface area contributed by atoms with Crippen LogP contribution in [0, 0.1) is 0 Å². The summed E-state index contributed by atoms with van der Waals surface area (Å²) < 4.78 is 23.3. The quantitative estimate of drug-likeness (QED) is 0.461. The van der Waals surface area contributed by atoms with Gasteiger partial charge in [-0.1, -0.05) is 0 Å². The maximum Gasteiger partial charge on any atom is 0.259 e. The molecule has 0 spiro atoms. The predicted octanol–water partition coefficient (Wildman–Crippen LogP) is 1.27. The molecule has 158 valence electrons. The summed E-state index contributed by atoms with van der Waals surface area (Å²) in [5.41, 5.74) is 7.08. The van der Waals surface area contributed by atoms with E-state index in [1.807, 2.05) is 36.4 Å². The second kappa shape index (κ2) is 8.33. The van der Waals surface area contributed by atoms with Crippen LogP contribution in [0.1, 0.15) is 0 Å². The Kier molecular flexibility index (Phi) is 5.60. The van der Waals surface area contributed by atoms with Gasteiger partial charge in [0.2, 0.25) is 0 Å². The van der Waals surface area contributed by atoms with Gasteiger partial charge >= 0.3 is 0 Å². The van der Waals surface area contributed by atoms with Gasteiger partial charge in [0, 0.05) is 43.8 Å². The minimum absolute atomic E-state index is 0.175. The normalized spacial score (nSPS) is 15.8. The lowest BCUT2D eigenvalue weighted by Crippen LogP contribution is -2.40. The Morgan fingerprint density at radius 3 is 2.57 bits per heavy atom. The Balaban J connectivity index is 1.60. The molecule has 0 saturated carbocycles. The summed E-state index contributed by atoms with van der Waals surface area (Å²) in [5.74, 6) is 1.43. The fourth-order valence-electron chi connectivity index (χ4n) is 3.46. The van der Waals surface area contributed by atoms with E-state index in [2.05, 4.69) is 25.5 Å². The smallest absolute Gasteiger partial charge is 0.259 e. The molecular weight excluding hydrogens is 404 g/mol. The van der Waals surface area contributed by atoms with Crippen molar-refractivity contribution in [2.75, 3.05) is 53.2 Å². The molecule has 30 heavy (non-hydrogen) atoms. The largest absolute Gasteiger partial charge is 0.369 e. The summed E-state index contributed by atoms with van der Waals surface area (Å²) in [6.45, 7) is 2.02. The molecule has 3 heterocycles. The van der Waals surface area contributed by atoms with Crippen LogP contribution < -0.4 is 26.8 Å². The lowest BCUT2D eigenvalue weighted by molar-refractivity contribution is 0.587. The zero-order valence-electron chi connectivity index (χ0n) is 16.4. The van der Waals surface area contributed by atoms with Gasteiger partial charge in [-0.15, -0.1) is 0 Å². The summed E-state index contributed by atoms with van der Waals surface area (Å²) in [6, 6.07) is 11.3. The standard InChI is InChI=1S/C20H24N6O3S/c21-6-8-22-17-13-14-5-7-23-20(27)18(14)19(25-17)24-15-1-3-16(4-2-15)26-9-11-30(28,29)12-10-26/h1-5,7,13H,6,8-12,21H2,(H,23,27)(H2,22,24,25). The first-order valence-corrected chi connectivity index (χ1v) is 11.6. The van der Waals surface area contributed by atoms with Crippen LogP contribution in [-0.4, -0.2) is 56.1 Å². The number of pyridine rings is 2. The van der Waals surface area contributed by atoms with Gasteiger partial charge in [0.15, 0.2) is 9.84 Å². The summed E-state index contributed by atoms with van der Waals surface area (Å²) in [7, 11) is -2.92. The first kappa shape index (κ1) is 20.2. The lowest BCUT2D eigenvalue weighted by Gasteiger charge is -2.28. The second-order valence-electron chi connectivity index (χ2n) is 7.15. The van der Waals surface area contributed by atoms with Crippen molar-refractivity contribution in [1.29, 1.82) is 0 Å². The first-order chi connectivity index (χ1) is 14.4. The van der Waals surface area contributed by atoms with Crippen molar-refractivity contribution in [3.8, 4) is 0 Å².